The summed E-state index contributed by atoms with van der Waals surface area (Å²) < 4.78 is 8.50. The molecule has 0 saturated heterocycles. The number of nitrogens with zero attached hydrogens (tertiary/aromatic N) is 5. The van der Waals surface area contributed by atoms with E-state index in [1.807, 2.05) is 115 Å². The first kappa shape index (κ1) is 32.9. The van der Waals surface area contributed by atoms with Gasteiger partial charge in [-0.15, -0.1) is 36.0 Å². The van der Waals surface area contributed by atoms with Gasteiger partial charge in [-0.2, -0.15) is 35.4 Å². The normalized spacial score (nSPS) is 12.1. The van der Waals surface area contributed by atoms with Crippen molar-refractivity contribution in [3.8, 4) is 39.7 Å². The minimum Gasteiger partial charge on any atom is -0.510 e. The first-order chi connectivity index (χ1) is 24.2. The van der Waals surface area contributed by atoms with Gasteiger partial charge in [0, 0.05) is 49.9 Å². The molecule has 0 atom stereocenters. The van der Waals surface area contributed by atoms with Crippen LogP contribution < -0.4 is 26.2 Å². The summed E-state index contributed by atoms with van der Waals surface area (Å²) in [6.45, 7) is 1.66. The topological polar surface area (TPSA) is 46.4 Å². The van der Waals surface area contributed by atoms with Crippen molar-refractivity contribution in [1.29, 1.82) is 0 Å². The quantitative estimate of drug-likeness (QED) is 0.118. The van der Waals surface area contributed by atoms with Gasteiger partial charge in [0.15, 0.2) is 0 Å². The van der Waals surface area contributed by atoms with Crippen molar-refractivity contribution in [3.63, 3.8) is 0 Å². The molecular weight excluding hydrogens is 796 g/mol. The van der Waals surface area contributed by atoms with Crippen molar-refractivity contribution in [3.05, 3.63) is 183 Å². The number of benzene rings is 5. The van der Waals surface area contributed by atoms with Crippen LogP contribution in [0.4, 0.5) is 5.69 Å². The van der Waals surface area contributed by atoms with Crippen molar-refractivity contribution in [2.45, 2.75) is 0 Å². The molecule has 0 aliphatic carbocycles. The zero-order valence-electron chi connectivity index (χ0n) is 27.2. The summed E-state index contributed by atoms with van der Waals surface area (Å²) in [5.74, 6) is 1.19. The summed E-state index contributed by atoms with van der Waals surface area (Å²) in [5, 5.41) is 5.36. The molecule has 0 bridgehead atoms. The second-order valence-electron chi connectivity index (χ2n) is 11.7. The van der Waals surface area contributed by atoms with Gasteiger partial charge < -0.3 is 14.5 Å². The third-order valence-electron chi connectivity index (χ3n) is 8.41. The van der Waals surface area contributed by atoms with Gasteiger partial charge in [-0.05, 0) is 54.7 Å². The van der Waals surface area contributed by atoms with Crippen LogP contribution in [0.15, 0.2) is 164 Å². The van der Waals surface area contributed by atoms with Crippen LogP contribution in [0, 0.1) is 18.8 Å². The van der Waals surface area contributed by atoms with Gasteiger partial charge >= 0.3 is 0 Å². The third kappa shape index (κ3) is 6.78. The molecule has 8 rings (SSSR count). The maximum atomic E-state index is 6.44. The predicted molar refractivity (Wildman–Crippen MR) is 198 cm³/mol. The van der Waals surface area contributed by atoms with Crippen LogP contribution in [0.3, 0.4) is 0 Å². The van der Waals surface area contributed by atoms with Crippen molar-refractivity contribution < 1.29 is 25.8 Å². The molecule has 8 heteroatoms. The maximum Gasteiger partial charge on any atom is 0.246 e. The van der Waals surface area contributed by atoms with E-state index in [1.165, 1.54) is 0 Å². The number of para-hydroxylation sites is 1. The first-order valence-corrected chi connectivity index (χ1v) is 16.2. The summed E-state index contributed by atoms with van der Waals surface area (Å²) in [4.78, 5) is 8.93. The van der Waals surface area contributed by atoms with Crippen LogP contribution in [0.5, 0.6) is 11.5 Å². The van der Waals surface area contributed by atoms with Crippen molar-refractivity contribution in [1.82, 2.24) is 19.7 Å². The average molecular weight is 828 g/mol. The standard InChI is InChI=1S/C42H31BN5O.Pt/c1-46-27-28-47(31-46)36-22-14-24-38(30-36)49-37-23-13-19-34(29-37)43(39-25-11-12-26-44-39)40-41(32-15-5-2-6-16-32)45-48(35-20-9-4-10-21-35)42(40)33-17-7-3-8-18-33;/h2-28,31H,1H3;/q-3;. The Labute approximate surface area is 307 Å². The zero-order valence-corrected chi connectivity index (χ0v) is 29.5. The zero-order chi connectivity index (χ0) is 33.0. The van der Waals surface area contributed by atoms with Crippen LogP contribution in [0.1, 0.15) is 0 Å². The minimum atomic E-state index is -0.331. The molecule has 0 fully saturated rings. The molecule has 0 saturated carbocycles. The van der Waals surface area contributed by atoms with Gasteiger partial charge in [0.1, 0.15) is 0 Å². The Morgan fingerprint density at radius 3 is 2.00 bits per heavy atom. The number of ether oxygens (including phenoxy) is 1. The fraction of sp³-hybridized carbons (Fsp3) is 0.0238. The van der Waals surface area contributed by atoms with Gasteiger partial charge in [0.2, 0.25) is 6.71 Å². The number of pyridine rings is 1. The van der Waals surface area contributed by atoms with E-state index in [0.29, 0.717) is 11.5 Å². The summed E-state index contributed by atoms with van der Waals surface area (Å²) in [5.41, 5.74) is 8.60. The summed E-state index contributed by atoms with van der Waals surface area (Å²) in [7, 11) is 1.99. The van der Waals surface area contributed by atoms with Crippen LogP contribution in [-0.2, 0) is 21.1 Å². The molecule has 1 aliphatic heterocycles. The molecule has 0 amide bonds. The number of anilines is 1. The molecule has 50 heavy (non-hydrogen) atoms. The Hall–Kier alpha value is -5.65. The molecule has 5 aromatic carbocycles. The summed E-state index contributed by atoms with van der Waals surface area (Å²) in [6.07, 6.45) is 5.82. The molecule has 0 spiro atoms. The molecule has 2 aromatic heterocycles. The SMILES string of the molecule is CN1C=CN(c2[c-]c(Oc3[c-]c(B(c4ccccn4)c4c(-c5ccccc5)nn(-c5ccccc5)c4-c4ccccc4)ccc3)ccc2)[CH-]1.[Pt]. The molecule has 1 aliphatic rings. The van der Waals surface area contributed by atoms with Gasteiger partial charge in [-0.1, -0.05) is 84.9 Å². The van der Waals surface area contributed by atoms with E-state index in [1.54, 1.807) is 0 Å². The van der Waals surface area contributed by atoms with E-state index in [-0.39, 0.29) is 27.8 Å². The number of hydrogen-bond donors (Lipinski definition) is 0. The second kappa shape index (κ2) is 14.9. The molecule has 246 valence electrons. The molecule has 7 aromatic rings. The Balaban J connectivity index is 0.00000392. The van der Waals surface area contributed by atoms with Crippen molar-refractivity contribution >= 4 is 28.9 Å². The van der Waals surface area contributed by atoms with E-state index in [0.717, 1.165) is 50.4 Å². The Kier molecular flexibility index (Phi) is 9.77. The maximum absolute atomic E-state index is 6.44. The minimum absolute atomic E-state index is 0. The number of rotatable bonds is 9. The van der Waals surface area contributed by atoms with Gasteiger partial charge in [-0.3, -0.25) is 4.98 Å². The first-order valence-electron chi connectivity index (χ1n) is 16.2. The molecule has 0 N–H and O–H groups in total. The van der Waals surface area contributed by atoms with Crippen molar-refractivity contribution in [2.24, 2.45) is 0 Å². The number of hydrogen-bond acceptors (Lipinski definition) is 5. The summed E-state index contributed by atoms with van der Waals surface area (Å²) >= 11 is 0. The van der Waals surface area contributed by atoms with Crippen molar-refractivity contribution in [2.75, 3.05) is 11.9 Å². The van der Waals surface area contributed by atoms with Crippen LogP contribution in [-0.4, -0.2) is 33.4 Å². The molecule has 6 nitrogen and oxygen atoms in total. The van der Waals surface area contributed by atoms with E-state index < -0.39 is 0 Å². The molecule has 0 radical (unpaired) electrons. The average Bonchev–Trinajstić information content (AvgIpc) is 3.78. The fourth-order valence-corrected chi connectivity index (χ4v) is 6.20. The van der Waals surface area contributed by atoms with E-state index in [4.69, 9.17) is 14.8 Å². The van der Waals surface area contributed by atoms with Crippen LogP contribution in [0.25, 0.3) is 28.2 Å². The predicted octanol–water partition coefficient (Wildman–Crippen LogP) is 6.85. The number of aromatic nitrogens is 3. The Morgan fingerprint density at radius 1 is 0.660 bits per heavy atom. The van der Waals surface area contributed by atoms with Gasteiger partial charge in [0.25, 0.3) is 0 Å². The molecule has 3 heterocycles. The second-order valence-corrected chi connectivity index (χ2v) is 11.7. The Bertz CT molecular complexity index is 2210. The van der Waals surface area contributed by atoms with Crippen LogP contribution in [0.2, 0.25) is 0 Å². The molecular formula is C42H31BN5OPt-3. The van der Waals surface area contributed by atoms with Gasteiger partial charge in [0.05, 0.1) is 17.1 Å². The van der Waals surface area contributed by atoms with E-state index in [2.05, 4.69) is 89.6 Å². The van der Waals surface area contributed by atoms with E-state index >= 15 is 0 Å². The van der Waals surface area contributed by atoms with E-state index in [9.17, 15) is 0 Å². The fourth-order valence-electron chi connectivity index (χ4n) is 6.20. The largest absolute Gasteiger partial charge is 0.510 e. The summed E-state index contributed by atoms with van der Waals surface area (Å²) in [6, 6.07) is 56.1. The molecule has 0 unspecified atom stereocenters. The monoisotopic (exact) mass is 827 g/mol. The van der Waals surface area contributed by atoms with Crippen LogP contribution >= 0.6 is 0 Å². The third-order valence-corrected chi connectivity index (χ3v) is 8.41. The van der Waals surface area contributed by atoms with Gasteiger partial charge in [-0.25, -0.2) is 4.68 Å². The Morgan fingerprint density at radius 2 is 1.32 bits per heavy atom. The smallest absolute Gasteiger partial charge is 0.246 e.